The first kappa shape index (κ1) is 26.9. The van der Waals surface area contributed by atoms with Gasteiger partial charge >= 0.3 is 6.03 Å². The van der Waals surface area contributed by atoms with Crippen molar-refractivity contribution < 1.29 is 22.4 Å². The molecule has 0 bridgehead atoms. The van der Waals surface area contributed by atoms with Crippen LogP contribution in [0.5, 0.6) is 0 Å². The molecule has 3 amide bonds. The predicted molar refractivity (Wildman–Crippen MR) is 140 cm³/mol. The van der Waals surface area contributed by atoms with Gasteiger partial charge in [0, 0.05) is 31.6 Å². The second kappa shape index (κ2) is 11.5. The Kier molecular flexibility index (Phi) is 8.33. The van der Waals surface area contributed by atoms with Gasteiger partial charge in [-0.1, -0.05) is 12.1 Å². The first-order chi connectivity index (χ1) is 17.7. The van der Waals surface area contributed by atoms with E-state index in [1.807, 2.05) is 13.8 Å². The SMILES string of the molecule is CCNC(=O)N1CCNc2ccc(S(=O)(=O)NC3CCC(C(=O)NC(C)c4ccc(F)cc4)CC3)cc21. The zero-order valence-corrected chi connectivity index (χ0v) is 21.9. The van der Waals surface area contributed by atoms with Gasteiger partial charge in [-0.15, -0.1) is 0 Å². The van der Waals surface area contributed by atoms with E-state index in [0.717, 1.165) is 5.56 Å². The molecule has 9 nitrogen and oxygen atoms in total. The largest absolute Gasteiger partial charge is 0.382 e. The molecular formula is C26H34FN5O4S. The molecule has 2 aliphatic rings. The fourth-order valence-corrected chi connectivity index (χ4v) is 6.18. The smallest absolute Gasteiger partial charge is 0.321 e. The first-order valence-corrected chi connectivity index (χ1v) is 14.2. The molecule has 1 saturated carbocycles. The monoisotopic (exact) mass is 531 g/mol. The summed E-state index contributed by atoms with van der Waals surface area (Å²) >= 11 is 0. The summed E-state index contributed by atoms with van der Waals surface area (Å²) < 4.78 is 42.3. The summed E-state index contributed by atoms with van der Waals surface area (Å²) in [6, 6.07) is 9.98. The molecular weight excluding hydrogens is 497 g/mol. The molecule has 1 unspecified atom stereocenters. The number of urea groups is 1. The highest BCUT2D eigenvalue weighted by Gasteiger charge is 2.31. The number of hydrogen-bond acceptors (Lipinski definition) is 5. The van der Waals surface area contributed by atoms with E-state index in [2.05, 4.69) is 20.7 Å². The number of sulfonamides is 1. The molecule has 0 aromatic heterocycles. The zero-order chi connectivity index (χ0) is 26.6. The summed E-state index contributed by atoms with van der Waals surface area (Å²) in [6.45, 7) is 5.17. The number of benzene rings is 2. The second-order valence-electron chi connectivity index (χ2n) is 9.54. The molecule has 0 radical (unpaired) electrons. The Morgan fingerprint density at radius 2 is 1.81 bits per heavy atom. The molecule has 2 aromatic rings. The van der Waals surface area contributed by atoms with Gasteiger partial charge in [0.15, 0.2) is 0 Å². The van der Waals surface area contributed by atoms with Crippen molar-refractivity contribution in [2.45, 2.75) is 56.5 Å². The van der Waals surface area contributed by atoms with Crippen molar-refractivity contribution in [3.63, 3.8) is 0 Å². The standard InChI is InChI=1S/C26H34FN5O4S/c1-3-28-26(34)32-15-14-29-23-13-12-22(16-24(23)32)37(35,36)31-21-10-6-19(7-11-21)25(33)30-17(2)18-4-8-20(27)9-5-18/h4-5,8-9,12-13,16-17,19,21,29,31H,3,6-7,10-11,14-15H2,1-2H3,(H,28,34)(H,30,33). The van der Waals surface area contributed by atoms with Crippen molar-refractivity contribution in [3.8, 4) is 0 Å². The van der Waals surface area contributed by atoms with Gasteiger partial charge in [-0.3, -0.25) is 9.69 Å². The van der Waals surface area contributed by atoms with Crippen molar-refractivity contribution in [3.05, 3.63) is 53.8 Å². The third kappa shape index (κ3) is 6.40. The Bertz CT molecular complexity index is 1230. The van der Waals surface area contributed by atoms with Gasteiger partial charge in [0.25, 0.3) is 0 Å². The molecule has 0 spiro atoms. The normalized spacial score (nSPS) is 20.4. The number of carbonyl (C=O) groups is 2. The summed E-state index contributed by atoms with van der Waals surface area (Å²) in [5, 5.41) is 8.94. The minimum absolute atomic E-state index is 0.0780. The number of amides is 3. The minimum atomic E-state index is -3.82. The molecule has 37 heavy (non-hydrogen) atoms. The Morgan fingerprint density at radius 3 is 2.49 bits per heavy atom. The Labute approximate surface area is 217 Å². The lowest BCUT2D eigenvalue weighted by Crippen LogP contribution is -2.45. The fourth-order valence-electron chi connectivity index (χ4n) is 4.86. The van der Waals surface area contributed by atoms with E-state index >= 15 is 0 Å². The average molecular weight is 532 g/mol. The molecule has 1 heterocycles. The Hall–Kier alpha value is -3.18. The van der Waals surface area contributed by atoms with Crippen molar-refractivity contribution in [1.82, 2.24) is 15.4 Å². The molecule has 2 aromatic carbocycles. The number of fused-ring (bicyclic) bond motifs is 1. The number of anilines is 2. The maximum atomic E-state index is 13.2. The highest BCUT2D eigenvalue weighted by atomic mass is 32.2. The van der Waals surface area contributed by atoms with Gasteiger partial charge in [-0.2, -0.15) is 0 Å². The van der Waals surface area contributed by atoms with Gasteiger partial charge in [0.05, 0.1) is 22.3 Å². The van der Waals surface area contributed by atoms with Crippen LogP contribution in [0.25, 0.3) is 0 Å². The summed E-state index contributed by atoms with van der Waals surface area (Å²) in [6.07, 6.45) is 2.21. The van der Waals surface area contributed by atoms with E-state index in [4.69, 9.17) is 0 Å². The first-order valence-electron chi connectivity index (χ1n) is 12.7. The van der Waals surface area contributed by atoms with Gasteiger partial charge in [-0.25, -0.2) is 22.3 Å². The van der Waals surface area contributed by atoms with Crippen molar-refractivity contribution in [1.29, 1.82) is 0 Å². The maximum Gasteiger partial charge on any atom is 0.321 e. The van der Waals surface area contributed by atoms with E-state index in [-0.39, 0.29) is 40.7 Å². The van der Waals surface area contributed by atoms with Crippen LogP contribution in [-0.4, -0.2) is 46.0 Å². The topological polar surface area (TPSA) is 120 Å². The van der Waals surface area contributed by atoms with E-state index in [9.17, 15) is 22.4 Å². The number of nitrogens with zero attached hydrogens (tertiary/aromatic N) is 1. The quantitative estimate of drug-likeness (QED) is 0.436. The molecule has 1 aliphatic heterocycles. The van der Waals surface area contributed by atoms with Gasteiger partial charge in [0.1, 0.15) is 5.82 Å². The van der Waals surface area contributed by atoms with Crippen LogP contribution in [0.4, 0.5) is 20.6 Å². The third-order valence-corrected chi connectivity index (χ3v) is 8.46. The lowest BCUT2D eigenvalue weighted by molar-refractivity contribution is -0.126. The highest BCUT2D eigenvalue weighted by Crippen LogP contribution is 2.32. The van der Waals surface area contributed by atoms with E-state index < -0.39 is 10.0 Å². The maximum absolute atomic E-state index is 13.2. The third-order valence-electron chi connectivity index (χ3n) is 6.94. The van der Waals surface area contributed by atoms with Crippen LogP contribution in [0.1, 0.15) is 51.1 Å². The summed E-state index contributed by atoms with van der Waals surface area (Å²) in [5.74, 6) is -0.607. The summed E-state index contributed by atoms with van der Waals surface area (Å²) in [4.78, 5) is 26.9. The molecule has 1 atom stereocenters. The number of halogens is 1. The summed E-state index contributed by atoms with van der Waals surface area (Å²) in [7, 11) is -3.82. The molecule has 4 rings (SSSR count). The van der Waals surface area contributed by atoms with Gasteiger partial charge < -0.3 is 16.0 Å². The van der Waals surface area contributed by atoms with Gasteiger partial charge in [0.2, 0.25) is 15.9 Å². The highest BCUT2D eigenvalue weighted by molar-refractivity contribution is 7.89. The van der Waals surface area contributed by atoms with Crippen LogP contribution in [0, 0.1) is 11.7 Å². The fraction of sp³-hybridized carbons (Fsp3) is 0.462. The lowest BCUT2D eigenvalue weighted by Gasteiger charge is -2.31. The van der Waals surface area contributed by atoms with Crippen LogP contribution in [-0.2, 0) is 14.8 Å². The zero-order valence-electron chi connectivity index (χ0n) is 21.1. The van der Waals surface area contributed by atoms with Crippen LogP contribution < -0.4 is 25.6 Å². The van der Waals surface area contributed by atoms with Crippen molar-refractivity contribution >= 4 is 33.3 Å². The van der Waals surface area contributed by atoms with E-state index in [0.29, 0.717) is 56.7 Å². The number of rotatable bonds is 7. The minimum Gasteiger partial charge on any atom is -0.382 e. The second-order valence-corrected chi connectivity index (χ2v) is 11.3. The number of hydrogen-bond donors (Lipinski definition) is 4. The summed E-state index contributed by atoms with van der Waals surface area (Å²) in [5.41, 5.74) is 2.05. The number of nitrogens with one attached hydrogen (secondary N) is 4. The van der Waals surface area contributed by atoms with Crippen molar-refractivity contribution in [2.24, 2.45) is 5.92 Å². The van der Waals surface area contributed by atoms with Crippen LogP contribution in [0.15, 0.2) is 47.4 Å². The van der Waals surface area contributed by atoms with Crippen LogP contribution >= 0.6 is 0 Å². The van der Waals surface area contributed by atoms with E-state index in [1.54, 1.807) is 23.1 Å². The van der Waals surface area contributed by atoms with E-state index in [1.165, 1.54) is 24.3 Å². The molecule has 1 aliphatic carbocycles. The van der Waals surface area contributed by atoms with Crippen LogP contribution in [0.3, 0.4) is 0 Å². The lowest BCUT2D eigenvalue weighted by atomic mass is 9.85. The Balaban J connectivity index is 1.35. The molecule has 4 N–H and O–H groups in total. The Morgan fingerprint density at radius 1 is 1.11 bits per heavy atom. The predicted octanol–water partition coefficient (Wildman–Crippen LogP) is 3.50. The van der Waals surface area contributed by atoms with Gasteiger partial charge in [-0.05, 0) is 75.4 Å². The van der Waals surface area contributed by atoms with Crippen molar-refractivity contribution in [2.75, 3.05) is 29.9 Å². The van der Waals surface area contributed by atoms with Crippen LogP contribution in [0.2, 0.25) is 0 Å². The molecule has 11 heteroatoms. The molecule has 200 valence electrons. The number of carbonyl (C=O) groups excluding carboxylic acids is 2. The molecule has 0 saturated heterocycles. The average Bonchev–Trinajstić information content (AvgIpc) is 2.88. The molecule has 1 fully saturated rings.